The highest BCUT2D eigenvalue weighted by molar-refractivity contribution is 9.09. The first-order chi connectivity index (χ1) is 16.8. The summed E-state index contributed by atoms with van der Waals surface area (Å²) in [5.74, 6) is -1.08. The van der Waals surface area contributed by atoms with Crippen molar-refractivity contribution < 1.29 is 19.2 Å². The smallest absolute Gasteiger partial charge is 0.265 e. The van der Waals surface area contributed by atoms with Gasteiger partial charge in [-0.25, -0.2) is 9.80 Å². The average Bonchev–Trinajstić information content (AvgIpc) is 3.28. The molecule has 0 radical (unpaired) electrons. The second kappa shape index (κ2) is 12.2. The fourth-order valence-electron chi connectivity index (χ4n) is 3.61. The molecule has 182 valence electrons. The van der Waals surface area contributed by atoms with Gasteiger partial charge in [-0.3, -0.25) is 19.2 Å². The molecule has 2 heterocycles. The number of hydrogen-bond acceptors (Lipinski definition) is 5. The molecule has 0 saturated heterocycles. The number of hydrogen-bond donors (Lipinski definition) is 1. The van der Waals surface area contributed by atoms with E-state index in [-0.39, 0.29) is 29.7 Å². The van der Waals surface area contributed by atoms with Crippen LogP contribution in [0.1, 0.15) is 60.7 Å². The Balaban J connectivity index is 0.000000196. The number of allylic oxidation sites excluding steroid dienone is 1. The lowest BCUT2D eigenvalue weighted by Gasteiger charge is -2.16. The molecule has 2 aliphatic rings. The van der Waals surface area contributed by atoms with Gasteiger partial charge < -0.3 is 5.73 Å². The lowest BCUT2D eigenvalue weighted by atomic mass is 10.1. The SMILES string of the molecule is C=C(CCCBr)N1C(=O)c2ccccc2C1=O.NC(CBr)C/C=C/N1C(=O)c2ccccc2C1=O. The molecule has 0 aliphatic carbocycles. The molecular weight excluding hydrogens is 578 g/mol. The second-order valence-corrected chi connectivity index (χ2v) is 9.35. The van der Waals surface area contributed by atoms with Crippen LogP contribution < -0.4 is 5.73 Å². The molecule has 4 rings (SSSR count). The Bertz CT molecular complexity index is 1120. The van der Waals surface area contributed by atoms with Gasteiger partial charge in [0, 0.05) is 28.6 Å². The Hall–Kier alpha value is -2.88. The highest BCUT2D eigenvalue weighted by Gasteiger charge is 2.36. The van der Waals surface area contributed by atoms with E-state index < -0.39 is 0 Å². The standard InChI is InChI=1S/C13H13BrN2O2.C13H12BrNO2/c14-8-9(15)4-3-7-16-12(17)10-5-1-2-6-11(10)13(16)18;1-9(5-4-8-14)15-12(16)10-6-2-3-7-11(10)13(15)17/h1-3,5-7,9H,4,8,15H2;2-3,6-7H,1,4-5,8H2/b7-3+;. The Kier molecular flexibility index (Phi) is 9.31. The highest BCUT2D eigenvalue weighted by atomic mass is 79.9. The van der Waals surface area contributed by atoms with Crippen molar-refractivity contribution in [3.63, 3.8) is 0 Å². The van der Waals surface area contributed by atoms with E-state index in [0.717, 1.165) is 16.7 Å². The van der Waals surface area contributed by atoms with Crippen LogP contribution in [-0.2, 0) is 0 Å². The molecule has 1 atom stereocenters. The maximum absolute atomic E-state index is 12.0. The van der Waals surface area contributed by atoms with Gasteiger partial charge in [-0.1, -0.05) is 68.8 Å². The number of nitrogens with two attached hydrogens (primary N) is 1. The van der Waals surface area contributed by atoms with Gasteiger partial charge in [-0.15, -0.1) is 0 Å². The van der Waals surface area contributed by atoms with Crippen LogP contribution in [0, 0.1) is 0 Å². The summed E-state index contributed by atoms with van der Waals surface area (Å²) in [6, 6.07) is 13.7. The molecule has 0 aromatic heterocycles. The van der Waals surface area contributed by atoms with Crippen LogP contribution in [0.2, 0.25) is 0 Å². The maximum Gasteiger partial charge on any atom is 0.265 e. The predicted octanol–water partition coefficient (Wildman–Crippen LogP) is 4.88. The van der Waals surface area contributed by atoms with Crippen LogP contribution in [0.3, 0.4) is 0 Å². The average molecular weight is 603 g/mol. The lowest BCUT2D eigenvalue weighted by molar-refractivity contribution is 0.0691. The predicted molar refractivity (Wildman–Crippen MR) is 142 cm³/mol. The quantitative estimate of drug-likeness (QED) is 0.343. The van der Waals surface area contributed by atoms with Gasteiger partial charge >= 0.3 is 0 Å². The summed E-state index contributed by atoms with van der Waals surface area (Å²) in [7, 11) is 0. The van der Waals surface area contributed by atoms with Gasteiger partial charge in [0.05, 0.1) is 22.3 Å². The number of rotatable bonds is 8. The summed E-state index contributed by atoms with van der Waals surface area (Å²) in [5, 5.41) is 1.51. The number of carbonyl (C=O) groups excluding carboxylic acids is 4. The Morgan fingerprint density at radius 2 is 1.31 bits per heavy atom. The van der Waals surface area contributed by atoms with Crippen molar-refractivity contribution in [1.82, 2.24) is 9.80 Å². The van der Waals surface area contributed by atoms with Crippen molar-refractivity contribution in [2.75, 3.05) is 10.7 Å². The number of alkyl halides is 2. The lowest BCUT2D eigenvalue weighted by Crippen LogP contribution is -2.28. The van der Waals surface area contributed by atoms with Crippen LogP contribution in [-0.4, -0.2) is 50.1 Å². The van der Waals surface area contributed by atoms with Gasteiger partial charge in [-0.05, 0) is 43.5 Å². The molecule has 2 aliphatic heterocycles. The molecule has 4 amide bonds. The first kappa shape index (κ1) is 26.7. The summed E-state index contributed by atoms with van der Waals surface area (Å²) in [6.07, 6.45) is 5.35. The molecule has 2 aromatic carbocycles. The number of nitrogens with zero attached hydrogens (tertiary/aromatic N) is 2. The monoisotopic (exact) mass is 601 g/mol. The van der Waals surface area contributed by atoms with Crippen molar-refractivity contribution in [3.05, 3.63) is 95.3 Å². The van der Waals surface area contributed by atoms with Crippen molar-refractivity contribution in [1.29, 1.82) is 0 Å². The minimum atomic E-state index is -0.278. The van der Waals surface area contributed by atoms with Crippen molar-refractivity contribution in [3.8, 4) is 0 Å². The van der Waals surface area contributed by atoms with Crippen molar-refractivity contribution in [2.45, 2.75) is 25.3 Å². The van der Waals surface area contributed by atoms with Crippen LogP contribution >= 0.6 is 31.9 Å². The first-order valence-electron chi connectivity index (χ1n) is 11.0. The van der Waals surface area contributed by atoms with Gasteiger partial charge in [0.15, 0.2) is 0 Å². The van der Waals surface area contributed by atoms with Crippen molar-refractivity contribution >= 4 is 55.5 Å². The molecule has 0 bridgehead atoms. The summed E-state index contributed by atoms with van der Waals surface area (Å²) in [5.41, 5.74) is 8.14. The molecule has 2 N–H and O–H groups in total. The molecule has 0 spiro atoms. The van der Waals surface area contributed by atoms with E-state index in [0.29, 0.717) is 46.1 Å². The van der Waals surface area contributed by atoms with E-state index in [9.17, 15) is 19.2 Å². The zero-order chi connectivity index (χ0) is 25.5. The van der Waals surface area contributed by atoms with E-state index in [4.69, 9.17) is 5.73 Å². The van der Waals surface area contributed by atoms with E-state index in [2.05, 4.69) is 38.4 Å². The molecule has 2 aromatic rings. The normalized spacial score (nSPS) is 15.3. The number of halogens is 2. The van der Waals surface area contributed by atoms with Crippen LogP contribution in [0.4, 0.5) is 0 Å². The summed E-state index contributed by atoms with van der Waals surface area (Å²) in [6.45, 7) is 3.82. The van der Waals surface area contributed by atoms with Gasteiger partial charge in [0.25, 0.3) is 23.6 Å². The summed E-state index contributed by atoms with van der Waals surface area (Å²) < 4.78 is 0. The largest absolute Gasteiger partial charge is 0.327 e. The zero-order valence-electron chi connectivity index (χ0n) is 19.0. The minimum Gasteiger partial charge on any atom is -0.327 e. The molecular formula is C26H25Br2N3O4. The van der Waals surface area contributed by atoms with E-state index >= 15 is 0 Å². The van der Waals surface area contributed by atoms with E-state index in [1.54, 1.807) is 54.6 Å². The third-order valence-corrected chi connectivity index (χ3v) is 6.82. The van der Waals surface area contributed by atoms with Gasteiger partial charge in [-0.2, -0.15) is 0 Å². The fraction of sp³-hybridized carbons (Fsp3) is 0.231. The summed E-state index contributed by atoms with van der Waals surface area (Å²) >= 11 is 6.58. The number of amides is 4. The number of carbonyl (C=O) groups is 4. The minimum absolute atomic E-state index is 0.0172. The molecule has 9 heteroatoms. The third kappa shape index (κ3) is 5.86. The fourth-order valence-corrected chi connectivity index (χ4v) is 4.15. The number of fused-ring (bicyclic) bond motifs is 2. The van der Waals surface area contributed by atoms with Crippen LogP contribution in [0.15, 0.2) is 73.1 Å². The maximum atomic E-state index is 12.0. The van der Waals surface area contributed by atoms with Gasteiger partial charge in [0.2, 0.25) is 0 Å². The Morgan fingerprint density at radius 1 is 0.857 bits per heavy atom. The molecule has 35 heavy (non-hydrogen) atoms. The van der Waals surface area contributed by atoms with Gasteiger partial charge in [0.1, 0.15) is 0 Å². The molecule has 0 saturated carbocycles. The topological polar surface area (TPSA) is 101 Å². The van der Waals surface area contributed by atoms with Crippen LogP contribution in [0.5, 0.6) is 0 Å². The van der Waals surface area contributed by atoms with Crippen molar-refractivity contribution in [2.24, 2.45) is 5.73 Å². The van der Waals surface area contributed by atoms with Crippen LogP contribution in [0.25, 0.3) is 0 Å². The van der Waals surface area contributed by atoms with E-state index in [1.165, 1.54) is 11.1 Å². The summed E-state index contributed by atoms with van der Waals surface area (Å²) in [4.78, 5) is 50.3. The van der Waals surface area contributed by atoms with E-state index in [1.807, 2.05) is 0 Å². The second-order valence-electron chi connectivity index (χ2n) is 7.91. The molecule has 0 fully saturated rings. The zero-order valence-corrected chi connectivity index (χ0v) is 22.1. The molecule has 7 nitrogen and oxygen atoms in total. The molecule has 1 unspecified atom stereocenters. The first-order valence-corrected chi connectivity index (χ1v) is 13.2. The highest BCUT2D eigenvalue weighted by Crippen LogP contribution is 2.27. The number of imide groups is 2. The Morgan fingerprint density at radius 3 is 1.74 bits per heavy atom. The Labute approximate surface area is 220 Å². The third-order valence-electron chi connectivity index (χ3n) is 5.43. The number of benzene rings is 2.